The molecular formula is C46H35BN2O2. The Kier molecular flexibility index (Phi) is 6.50. The highest BCUT2D eigenvalue weighted by Crippen LogP contribution is 2.42. The van der Waals surface area contributed by atoms with Gasteiger partial charge < -0.3 is 18.9 Å². The Balaban J connectivity index is 1.23. The molecule has 5 heteroatoms. The van der Waals surface area contributed by atoms with Crippen LogP contribution in [0.5, 0.6) is 23.0 Å². The molecule has 3 heterocycles. The van der Waals surface area contributed by atoms with E-state index in [1.54, 1.807) is 0 Å². The SMILES string of the molecule is CC(C)(C)c1ccc2c(c1)Oc1cccc3c1B2c1cc2c(cc1O3)c1ccc(N(c3ccccc3)c3ccccc3)cc1n2-c1ccccc1. The second-order valence-electron chi connectivity index (χ2n) is 14.6. The van der Waals surface area contributed by atoms with Crippen molar-refractivity contribution in [2.45, 2.75) is 26.2 Å². The van der Waals surface area contributed by atoms with E-state index >= 15 is 0 Å². The van der Waals surface area contributed by atoms with Crippen molar-refractivity contribution in [3.63, 3.8) is 0 Å². The van der Waals surface area contributed by atoms with Gasteiger partial charge in [-0.15, -0.1) is 0 Å². The van der Waals surface area contributed by atoms with Gasteiger partial charge in [0.1, 0.15) is 23.0 Å². The van der Waals surface area contributed by atoms with Crippen molar-refractivity contribution in [2.75, 3.05) is 4.90 Å². The maximum Gasteiger partial charge on any atom is 0.260 e. The molecule has 10 rings (SSSR count). The van der Waals surface area contributed by atoms with Crippen molar-refractivity contribution in [2.24, 2.45) is 0 Å². The molecule has 0 bridgehead atoms. The number of hydrogen-bond acceptors (Lipinski definition) is 3. The highest BCUT2D eigenvalue weighted by atomic mass is 16.5. The van der Waals surface area contributed by atoms with E-state index in [4.69, 9.17) is 9.47 Å². The van der Waals surface area contributed by atoms with Crippen LogP contribution in [0.25, 0.3) is 27.5 Å². The van der Waals surface area contributed by atoms with E-state index in [-0.39, 0.29) is 12.1 Å². The van der Waals surface area contributed by atoms with Crippen molar-refractivity contribution in [1.29, 1.82) is 0 Å². The normalized spacial score (nSPS) is 12.9. The lowest BCUT2D eigenvalue weighted by atomic mass is 9.34. The lowest BCUT2D eigenvalue weighted by molar-refractivity contribution is 0.463. The van der Waals surface area contributed by atoms with Gasteiger partial charge in [-0.1, -0.05) is 99.6 Å². The minimum atomic E-state index is -0.0217. The fourth-order valence-electron chi connectivity index (χ4n) is 7.99. The van der Waals surface area contributed by atoms with Crippen LogP contribution in [0.2, 0.25) is 0 Å². The first kappa shape index (κ1) is 29.7. The Labute approximate surface area is 298 Å². The van der Waals surface area contributed by atoms with Crippen LogP contribution >= 0.6 is 0 Å². The molecule has 0 amide bonds. The van der Waals surface area contributed by atoms with Crippen LogP contribution in [0.15, 0.2) is 158 Å². The molecular weight excluding hydrogens is 623 g/mol. The van der Waals surface area contributed by atoms with Crippen molar-refractivity contribution >= 4 is 62.0 Å². The summed E-state index contributed by atoms with van der Waals surface area (Å²) in [5, 5.41) is 2.33. The molecule has 0 fully saturated rings. The predicted octanol–water partition coefficient (Wildman–Crippen LogP) is 10.3. The average molecular weight is 659 g/mol. The van der Waals surface area contributed by atoms with Crippen LogP contribution < -0.4 is 30.8 Å². The average Bonchev–Trinajstić information content (AvgIpc) is 3.47. The summed E-state index contributed by atoms with van der Waals surface area (Å²) < 4.78 is 15.8. The number of aromatic nitrogens is 1. The second kappa shape index (κ2) is 11.2. The smallest absolute Gasteiger partial charge is 0.260 e. The topological polar surface area (TPSA) is 26.6 Å². The quantitative estimate of drug-likeness (QED) is 0.176. The number of hydrogen-bond donors (Lipinski definition) is 0. The van der Waals surface area contributed by atoms with E-state index < -0.39 is 0 Å². The minimum absolute atomic E-state index is 0.00629. The van der Waals surface area contributed by atoms with Crippen LogP contribution in [0, 0.1) is 0 Å². The van der Waals surface area contributed by atoms with Crippen LogP contribution in [-0.4, -0.2) is 11.3 Å². The molecule has 0 N–H and O–H groups in total. The van der Waals surface area contributed by atoms with Gasteiger partial charge in [-0.2, -0.15) is 0 Å². The van der Waals surface area contributed by atoms with Gasteiger partial charge in [0.05, 0.1) is 11.0 Å². The molecule has 2 aliphatic rings. The molecule has 0 aliphatic carbocycles. The highest BCUT2D eigenvalue weighted by Gasteiger charge is 2.41. The summed E-state index contributed by atoms with van der Waals surface area (Å²) in [6.07, 6.45) is 0. The van der Waals surface area contributed by atoms with Crippen LogP contribution in [0.1, 0.15) is 26.3 Å². The lowest BCUT2D eigenvalue weighted by Crippen LogP contribution is -2.57. The maximum atomic E-state index is 6.77. The molecule has 2 aliphatic heterocycles. The molecule has 0 atom stereocenters. The number of anilines is 3. The van der Waals surface area contributed by atoms with Gasteiger partial charge in [0, 0.05) is 39.0 Å². The first-order valence-electron chi connectivity index (χ1n) is 17.6. The molecule has 7 aromatic carbocycles. The lowest BCUT2D eigenvalue weighted by Gasteiger charge is -2.33. The zero-order valence-electron chi connectivity index (χ0n) is 28.8. The van der Waals surface area contributed by atoms with Crippen molar-refractivity contribution < 1.29 is 9.47 Å². The summed E-state index contributed by atoms with van der Waals surface area (Å²) in [4.78, 5) is 2.32. The van der Waals surface area contributed by atoms with Gasteiger partial charge in [-0.25, -0.2) is 0 Å². The summed E-state index contributed by atoms with van der Waals surface area (Å²) in [5.74, 6) is 3.51. The zero-order chi connectivity index (χ0) is 34.3. The summed E-state index contributed by atoms with van der Waals surface area (Å²) in [6, 6.07) is 56.2. The summed E-state index contributed by atoms with van der Waals surface area (Å²) in [6.45, 7) is 6.72. The molecule has 0 spiro atoms. The van der Waals surface area contributed by atoms with E-state index in [2.05, 4.69) is 182 Å². The number of benzene rings is 7. The summed E-state index contributed by atoms with van der Waals surface area (Å²) in [5.41, 5.74) is 11.3. The van der Waals surface area contributed by atoms with Gasteiger partial charge in [-0.3, -0.25) is 0 Å². The second-order valence-corrected chi connectivity index (χ2v) is 14.6. The monoisotopic (exact) mass is 658 g/mol. The summed E-state index contributed by atoms with van der Waals surface area (Å²) >= 11 is 0. The van der Waals surface area contributed by atoms with Crippen LogP contribution in [0.4, 0.5) is 17.1 Å². The van der Waals surface area contributed by atoms with E-state index in [0.29, 0.717) is 0 Å². The fourth-order valence-corrected chi connectivity index (χ4v) is 7.99. The summed E-state index contributed by atoms with van der Waals surface area (Å²) in [7, 11) is 0. The van der Waals surface area contributed by atoms with Crippen molar-refractivity contribution in [1.82, 2.24) is 4.57 Å². The largest absolute Gasteiger partial charge is 0.458 e. The Bertz CT molecular complexity index is 2590. The van der Waals surface area contributed by atoms with Gasteiger partial charge in [0.15, 0.2) is 0 Å². The first-order valence-corrected chi connectivity index (χ1v) is 17.6. The van der Waals surface area contributed by atoms with Gasteiger partial charge in [0.2, 0.25) is 0 Å². The van der Waals surface area contributed by atoms with E-state index in [1.165, 1.54) is 10.9 Å². The third-order valence-electron chi connectivity index (χ3n) is 10.4. The Hall–Kier alpha value is -6.20. The standard InChI is InChI=1S/C46H35BN2O2/c1-46(2,3)30-22-25-37-43(26-30)50-41-20-13-21-42-45(41)47(37)38-29-40-36(28-44(38)51-42)35-24-23-34(27-39(35)49(40)33-18-11-6-12-19-33)48(31-14-7-4-8-15-31)32-16-9-5-10-17-32/h4-29H,1-3H3. The molecule has 244 valence electrons. The highest BCUT2D eigenvalue weighted by molar-refractivity contribution is 6.98. The van der Waals surface area contributed by atoms with E-state index in [0.717, 1.165) is 78.6 Å². The van der Waals surface area contributed by atoms with Crippen molar-refractivity contribution in [3.05, 3.63) is 163 Å². The number of fused-ring (bicyclic) bond motifs is 7. The molecule has 0 radical (unpaired) electrons. The number of para-hydroxylation sites is 3. The fraction of sp³-hybridized carbons (Fsp3) is 0.0870. The first-order chi connectivity index (χ1) is 24.9. The third-order valence-corrected chi connectivity index (χ3v) is 10.4. The number of rotatable bonds is 4. The zero-order valence-corrected chi connectivity index (χ0v) is 28.8. The van der Waals surface area contributed by atoms with E-state index in [9.17, 15) is 0 Å². The predicted molar refractivity (Wildman–Crippen MR) is 212 cm³/mol. The molecule has 0 unspecified atom stereocenters. The van der Waals surface area contributed by atoms with E-state index in [1.807, 2.05) is 6.07 Å². The molecule has 4 nitrogen and oxygen atoms in total. The van der Waals surface area contributed by atoms with Crippen LogP contribution in [-0.2, 0) is 5.41 Å². The molecule has 8 aromatic rings. The number of ether oxygens (including phenoxy) is 2. The Morgan fingerprint density at radius 3 is 1.75 bits per heavy atom. The molecule has 51 heavy (non-hydrogen) atoms. The van der Waals surface area contributed by atoms with Crippen molar-refractivity contribution in [3.8, 4) is 28.7 Å². The van der Waals surface area contributed by atoms with Gasteiger partial charge >= 0.3 is 0 Å². The molecule has 1 aromatic heterocycles. The Morgan fingerprint density at radius 2 is 1.10 bits per heavy atom. The minimum Gasteiger partial charge on any atom is -0.458 e. The molecule has 0 saturated carbocycles. The van der Waals surface area contributed by atoms with Gasteiger partial charge in [-0.05, 0) is 101 Å². The maximum absolute atomic E-state index is 6.77. The third kappa shape index (κ3) is 4.69. The van der Waals surface area contributed by atoms with Crippen LogP contribution in [0.3, 0.4) is 0 Å². The van der Waals surface area contributed by atoms with Gasteiger partial charge in [0.25, 0.3) is 6.71 Å². The number of nitrogens with zero attached hydrogens (tertiary/aromatic N) is 2. The molecule has 0 saturated heterocycles. The Morgan fingerprint density at radius 1 is 0.490 bits per heavy atom.